The molecular weight excluding hydrogens is 548 g/mol. The van der Waals surface area contributed by atoms with Gasteiger partial charge in [-0.15, -0.1) is 5.10 Å². The van der Waals surface area contributed by atoms with Crippen LogP contribution in [0.15, 0.2) is 6.20 Å². The van der Waals surface area contributed by atoms with Gasteiger partial charge in [-0.1, -0.05) is 39.3 Å². The Bertz CT molecular complexity index is 1250. The summed E-state index contributed by atoms with van der Waals surface area (Å²) in [4.78, 5) is 51.8. The molecule has 1 aromatic rings. The molecular formula is C33H50N4O6. The molecule has 0 spiro atoms. The average molecular weight is 599 g/mol. The second kappa shape index (κ2) is 12.0. The summed E-state index contributed by atoms with van der Waals surface area (Å²) >= 11 is 0. The third-order valence-corrected chi connectivity index (χ3v) is 12.1. The summed E-state index contributed by atoms with van der Waals surface area (Å²) in [5, 5.41) is 11.3. The number of nitrogens with zero attached hydrogens (tertiary/aromatic N) is 3. The quantitative estimate of drug-likeness (QED) is 0.360. The first-order valence-electron chi connectivity index (χ1n) is 16.4. The monoisotopic (exact) mass is 598 g/mol. The van der Waals surface area contributed by atoms with E-state index in [2.05, 4.69) is 43.3 Å². The van der Waals surface area contributed by atoms with Crippen LogP contribution in [0.3, 0.4) is 0 Å². The van der Waals surface area contributed by atoms with Gasteiger partial charge in [0.15, 0.2) is 11.6 Å². The first kappa shape index (κ1) is 31.6. The SMILES string of the molecule is CCOC(=O)Nc1cn(C2C(=O)[C@@]3(C)C(CCC3[C@H](C)CCC(C)=O)C3C(OC(C)=O)C[C@@H]4C[C@H](C)CC[C@]4(C)C32)nn1. The summed E-state index contributed by atoms with van der Waals surface area (Å²) in [6.45, 7) is 14.0. The Balaban J connectivity index is 1.62. The van der Waals surface area contributed by atoms with E-state index in [1.54, 1.807) is 24.7 Å². The summed E-state index contributed by atoms with van der Waals surface area (Å²) in [6, 6.07) is -0.614. The number of hydrogen-bond donors (Lipinski definition) is 1. The van der Waals surface area contributed by atoms with Crippen molar-refractivity contribution in [3.63, 3.8) is 0 Å². The number of nitrogens with one attached hydrogen (secondary N) is 1. The number of amides is 1. The van der Waals surface area contributed by atoms with Gasteiger partial charge in [0.05, 0.1) is 12.8 Å². The zero-order valence-corrected chi connectivity index (χ0v) is 26.9. The Morgan fingerprint density at radius 2 is 1.91 bits per heavy atom. The summed E-state index contributed by atoms with van der Waals surface area (Å²) in [6.07, 6.45) is 7.75. The van der Waals surface area contributed by atoms with Gasteiger partial charge < -0.3 is 14.3 Å². The Morgan fingerprint density at radius 1 is 1.16 bits per heavy atom. The van der Waals surface area contributed by atoms with Gasteiger partial charge in [-0.3, -0.25) is 14.9 Å². The number of Topliss-reactive ketones (excluding diaryl/α,β-unsaturated/α-hetero) is 2. The molecule has 1 heterocycles. The second-order valence-corrected chi connectivity index (χ2v) is 14.6. The number of esters is 1. The van der Waals surface area contributed by atoms with Gasteiger partial charge in [-0.05, 0) is 87.4 Å². The Morgan fingerprint density at radius 3 is 2.58 bits per heavy atom. The van der Waals surface area contributed by atoms with Gasteiger partial charge in [0.2, 0.25) is 0 Å². The second-order valence-electron chi connectivity index (χ2n) is 14.6. The lowest BCUT2D eigenvalue weighted by Gasteiger charge is -2.64. The van der Waals surface area contributed by atoms with E-state index in [0.29, 0.717) is 18.3 Å². The largest absolute Gasteiger partial charge is 0.462 e. The summed E-state index contributed by atoms with van der Waals surface area (Å²) in [7, 11) is 0. The van der Waals surface area contributed by atoms with Crippen LogP contribution in [0.5, 0.6) is 0 Å². The minimum absolute atomic E-state index is 0.0121. The highest BCUT2D eigenvalue weighted by Gasteiger charge is 2.70. The Kier molecular flexibility index (Phi) is 8.80. The number of carbonyl (C=O) groups is 4. The van der Waals surface area contributed by atoms with Crippen LogP contribution in [0.1, 0.15) is 106 Å². The highest BCUT2D eigenvalue weighted by atomic mass is 16.5. The normalized spacial score (nSPS) is 39.2. The van der Waals surface area contributed by atoms with E-state index in [1.165, 1.54) is 6.92 Å². The van der Waals surface area contributed by atoms with Crippen molar-refractivity contribution in [2.75, 3.05) is 11.9 Å². The van der Waals surface area contributed by atoms with Crippen LogP contribution in [0.4, 0.5) is 10.6 Å². The zero-order chi connectivity index (χ0) is 31.3. The fraction of sp³-hybridized carbons (Fsp3) is 0.818. The van der Waals surface area contributed by atoms with Gasteiger partial charge in [-0.25, -0.2) is 9.48 Å². The molecule has 10 nitrogen and oxygen atoms in total. The van der Waals surface area contributed by atoms with Crippen molar-refractivity contribution in [1.29, 1.82) is 0 Å². The molecule has 1 aromatic heterocycles. The van der Waals surface area contributed by atoms with Crippen LogP contribution in [0, 0.1) is 52.3 Å². The zero-order valence-electron chi connectivity index (χ0n) is 26.9. The predicted octanol–water partition coefficient (Wildman–Crippen LogP) is 6.02. The van der Waals surface area contributed by atoms with E-state index in [1.807, 2.05) is 0 Å². The molecule has 5 rings (SSSR count). The lowest BCUT2D eigenvalue weighted by molar-refractivity contribution is -0.203. The molecule has 238 valence electrons. The van der Waals surface area contributed by atoms with Crippen LogP contribution >= 0.6 is 0 Å². The van der Waals surface area contributed by atoms with E-state index in [9.17, 15) is 14.4 Å². The van der Waals surface area contributed by atoms with Gasteiger partial charge in [0.25, 0.3) is 0 Å². The van der Waals surface area contributed by atoms with Gasteiger partial charge >= 0.3 is 12.1 Å². The topological polar surface area (TPSA) is 129 Å². The molecule has 1 amide bonds. The third kappa shape index (κ3) is 5.52. The van der Waals surface area contributed by atoms with Crippen molar-refractivity contribution in [1.82, 2.24) is 15.0 Å². The van der Waals surface area contributed by atoms with Crippen LogP contribution in [-0.4, -0.2) is 51.3 Å². The molecule has 0 aromatic carbocycles. The summed E-state index contributed by atoms with van der Waals surface area (Å²) < 4.78 is 12.9. The fourth-order valence-corrected chi connectivity index (χ4v) is 10.2. The van der Waals surface area contributed by atoms with E-state index in [4.69, 9.17) is 9.47 Å². The maximum absolute atomic E-state index is 15.2. The lowest BCUT2D eigenvalue weighted by atomic mass is 9.41. The van der Waals surface area contributed by atoms with E-state index < -0.39 is 17.6 Å². The minimum atomic E-state index is -0.674. The Labute approximate surface area is 255 Å². The first-order valence-corrected chi connectivity index (χ1v) is 16.4. The average Bonchev–Trinajstić information content (AvgIpc) is 3.53. The number of ether oxygens (including phenoxy) is 2. The summed E-state index contributed by atoms with van der Waals surface area (Å²) in [5.41, 5.74) is -0.819. The summed E-state index contributed by atoms with van der Waals surface area (Å²) in [5.74, 6) is 1.40. The maximum atomic E-state index is 15.2. The molecule has 4 fully saturated rings. The number of hydrogen-bond acceptors (Lipinski definition) is 8. The van der Waals surface area contributed by atoms with Gasteiger partial charge in [-0.2, -0.15) is 0 Å². The smallest absolute Gasteiger partial charge is 0.412 e. The van der Waals surface area contributed by atoms with Crippen molar-refractivity contribution in [2.24, 2.45) is 52.3 Å². The molecule has 10 heteroatoms. The molecule has 6 unspecified atom stereocenters. The molecule has 43 heavy (non-hydrogen) atoms. The van der Waals surface area contributed by atoms with Crippen LogP contribution in [0.25, 0.3) is 0 Å². The van der Waals surface area contributed by atoms with Crippen LogP contribution < -0.4 is 5.32 Å². The number of ketones is 2. The molecule has 4 saturated carbocycles. The van der Waals surface area contributed by atoms with E-state index in [0.717, 1.165) is 44.9 Å². The molecule has 4 aliphatic carbocycles. The van der Waals surface area contributed by atoms with E-state index >= 15 is 4.79 Å². The fourth-order valence-electron chi connectivity index (χ4n) is 10.2. The molecule has 11 atom stereocenters. The van der Waals surface area contributed by atoms with Crippen LogP contribution in [-0.2, 0) is 23.9 Å². The molecule has 4 aliphatic rings. The standard InChI is InChI=1S/C33H50N4O6/c1-8-42-31(41)34-26-17-37(36-35-26)29-28-27(25(43-21(5)39)16-22-15-18(2)13-14-32(22,28)6)24-12-11-23(33(24,7)30(29)40)19(3)9-10-20(4)38/h17-19,22-25,27-29H,8-16H2,1-7H3,(H,34,41)/t18-,19-,22+,23?,24?,25?,27?,28?,29?,32+,33-/m1/s1. The first-order chi connectivity index (χ1) is 20.3. The van der Waals surface area contributed by atoms with Gasteiger partial charge in [0, 0.05) is 30.6 Å². The number of fused-ring (bicyclic) bond motifs is 5. The molecule has 0 bridgehead atoms. The van der Waals surface area contributed by atoms with Crippen molar-refractivity contribution in [2.45, 2.75) is 112 Å². The lowest BCUT2D eigenvalue weighted by Crippen LogP contribution is -2.65. The molecule has 1 N–H and O–H groups in total. The minimum Gasteiger partial charge on any atom is -0.462 e. The molecule has 0 aliphatic heterocycles. The number of carbonyl (C=O) groups excluding carboxylic acids is 4. The maximum Gasteiger partial charge on any atom is 0.412 e. The molecule has 0 saturated heterocycles. The van der Waals surface area contributed by atoms with Gasteiger partial charge in [0.1, 0.15) is 17.9 Å². The predicted molar refractivity (Wildman–Crippen MR) is 160 cm³/mol. The highest BCUT2D eigenvalue weighted by Crippen LogP contribution is 2.70. The van der Waals surface area contributed by atoms with Crippen molar-refractivity contribution < 1.29 is 28.7 Å². The molecule has 0 radical (unpaired) electrons. The number of aromatic nitrogens is 3. The number of rotatable bonds is 8. The highest BCUT2D eigenvalue weighted by molar-refractivity contribution is 5.91. The van der Waals surface area contributed by atoms with Crippen LogP contribution in [0.2, 0.25) is 0 Å². The third-order valence-electron chi connectivity index (χ3n) is 12.1. The van der Waals surface area contributed by atoms with Crippen molar-refractivity contribution >= 4 is 29.4 Å². The van der Waals surface area contributed by atoms with Crippen molar-refractivity contribution in [3.8, 4) is 0 Å². The van der Waals surface area contributed by atoms with E-state index in [-0.39, 0.29) is 71.1 Å². The number of anilines is 1. The van der Waals surface area contributed by atoms with Crippen molar-refractivity contribution in [3.05, 3.63) is 6.20 Å². The Hall–Kier alpha value is -2.78.